The lowest BCUT2D eigenvalue weighted by atomic mass is 10.0. The van der Waals surface area contributed by atoms with Crippen molar-refractivity contribution in [2.24, 2.45) is 5.92 Å². The lowest BCUT2D eigenvalue weighted by Gasteiger charge is -2.33. The molecule has 0 saturated carbocycles. The second-order valence-electron chi connectivity index (χ2n) is 9.82. The van der Waals surface area contributed by atoms with E-state index in [1.54, 1.807) is 12.1 Å². The van der Waals surface area contributed by atoms with Crippen LogP contribution in [0.1, 0.15) is 61.0 Å². The van der Waals surface area contributed by atoms with Crippen molar-refractivity contribution in [1.29, 1.82) is 0 Å². The van der Waals surface area contributed by atoms with Gasteiger partial charge >= 0.3 is 0 Å². The molecule has 0 bridgehead atoms. The average Bonchev–Trinajstić information content (AvgIpc) is 3.12. The molecule has 4 rings (SSSR count). The molecule has 1 aliphatic heterocycles. The Morgan fingerprint density at radius 3 is 2.44 bits per heavy atom. The highest BCUT2D eigenvalue weighted by molar-refractivity contribution is 6.00. The number of hydrogen-bond acceptors (Lipinski definition) is 4. The van der Waals surface area contributed by atoms with Crippen molar-refractivity contribution in [3.63, 3.8) is 0 Å². The molecule has 5 nitrogen and oxygen atoms in total. The van der Waals surface area contributed by atoms with E-state index in [0.29, 0.717) is 30.3 Å². The SMILES string of the molecule is CC(C)CCC(=O)C(NC(=O)c1ccccc1OCc1ccccc1)N1CCCCc2ccccc21. The van der Waals surface area contributed by atoms with Gasteiger partial charge in [0.25, 0.3) is 5.91 Å². The van der Waals surface area contributed by atoms with Gasteiger partial charge in [0.2, 0.25) is 0 Å². The lowest BCUT2D eigenvalue weighted by molar-refractivity contribution is -0.121. The van der Waals surface area contributed by atoms with Crippen LogP contribution in [0, 0.1) is 5.92 Å². The Morgan fingerprint density at radius 1 is 0.917 bits per heavy atom. The fourth-order valence-corrected chi connectivity index (χ4v) is 4.61. The predicted octanol–water partition coefficient (Wildman–Crippen LogP) is 6.17. The van der Waals surface area contributed by atoms with E-state index in [0.717, 1.165) is 43.5 Å². The van der Waals surface area contributed by atoms with Crippen molar-refractivity contribution in [2.75, 3.05) is 11.4 Å². The summed E-state index contributed by atoms with van der Waals surface area (Å²) in [7, 11) is 0. The van der Waals surface area contributed by atoms with Crippen LogP contribution in [-0.4, -0.2) is 24.4 Å². The van der Waals surface area contributed by atoms with Crippen LogP contribution in [-0.2, 0) is 17.8 Å². The van der Waals surface area contributed by atoms with E-state index in [4.69, 9.17) is 4.74 Å². The molecule has 0 fully saturated rings. The Balaban J connectivity index is 1.59. The number of carbonyl (C=O) groups excluding carboxylic acids is 2. The van der Waals surface area contributed by atoms with Crippen molar-refractivity contribution in [3.8, 4) is 5.75 Å². The van der Waals surface area contributed by atoms with Gasteiger partial charge in [-0.1, -0.05) is 74.5 Å². The number of aryl methyl sites for hydroxylation is 1. The number of nitrogens with zero attached hydrogens (tertiary/aromatic N) is 1. The van der Waals surface area contributed by atoms with E-state index in [2.05, 4.69) is 36.2 Å². The standard InChI is InChI=1S/C31H36N2O3/c1-23(2)19-20-28(34)30(33-21-11-10-15-25-14-6-8-17-27(25)33)32-31(35)26-16-7-9-18-29(26)36-22-24-12-4-3-5-13-24/h3-9,12-14,16-18,23,30H,10-11,15,19-22H2,1-2H3,(H,32,35). The molecular formula is C31H36N2O3. The molecule has 1 aliphatic rings. The summed E-state index contributed by atoms with van der Waals surface area (Å²) in [5, 5.41) is 3.09. The molecule has 3 aromatic rings. The Morgan fingerprint density at radius 2 is 1.64 bits per heavy atom. The zero-order valence-electron chi connectivity index (χ0n) is 21.3. The van der Waals surface area contributed by atoms with E-state index in [9.17, 15) is 9.59 Å². The molecule has 1 unspecified atom stereocenters. The number of hydrogen-bond donors (Lipinski definition) is 1. The van der Waals surface area contributed by atoms with Crippen LogP contribution in [0.2, 0.25) is 0 Å². The summed E-state index contributed by atoms with van der Waals surface area (Å²) in [6, 6.07) is 25.3. The van der Waals surface area contributed by atoms with Gasteiger partial charge < -0.3 is 15.0 Å². The largest absolute Gasteiger partial charge is 0.488 e. The minimum atomic E-state index is -0.724. The van der Waals surface area contributed by atoms with Crippen LogP contribution >= 0.6 is 0 Å². The van der Waals surface area contributed by atoms with Gasteiger partial charge in [-0.3, -0.25) is 9.59 Å². The third-order valence-corrected chi connectivity index (χ3v) is 6.62. The van der Waals surface area contributed by atoms with Gasteiger partial charge in [0.1, 0.15) is 12.4 Å². The van der Waals surface area contributed by atoms with Crippen LogP contribution < -0.4 is 15.0 Å². The summed E-state index contributed by atoms with van der Waals surface area (Å²) < 4.78 is 6.03. The minimum absolute atomic E-state index is 0.0384. The number of ether oxygens (including phenoxy) is 1. The highest BCUT2D eigenvalue weighted by atomic mass is 16.5. The average molecular weight is 485 g/mol. The quantitative estimate of drug-likeness (QED) is 0.374. The van der Waals surface area contributed by atoms with Crippen molar-refractivity contribution >= 4 is 17.4 Å². The number of fused-ring (bicyclic) bond motifs is 1. The third-order valence-electron chi connectivity index (χ3n) is 6.62. The first-order valence-corrected chi connectivity index (χ1v) is 13.0. The molecule has 0 aromatic heterocycles. The molecular weight excluding hydrogens is 448 g/mol. The van der Waals surface area contributed by atoms with E-state index < -0.39 is 6.17 Å². The second-order valence-corrected chi connectivity index (χ2v) is 9.82. The van der Waals surface area contributed by atoms with Crippen LogP contribution in [0.15, 0.2) is 78.9 Å². The molecule has 1 heterocycles. The van der Waals surface area contributed by atoms with E-state index in [1.807, 2.05) is 54.6 Å². The molecule has 3 aromatic carbocycles. The first kappa shape index (κ1) is 25.5. The van der Waals surface area contributed by atoms with Crippen molar-refractivity contribution in [1.82, 2.24) is 5.32 Å². The van der Waals surface area contributed by atoms with Gasteiger partial charge in [0, 0.05) is 18.7 Å². The fourth-order valence-electron chi connectivity index (χ4n) is 4.61. The molecule has 0 aliphatic carbocycles. The topological polar surface area (TPSA) is 58.6 Å². The van der Waals surface area contributed by atoms with E-state index in [-0.39, 0.29) is 11.7 Å². The summed E-state index contributed by atoms with van der Waals surface area (Å²) in [5.74, 6) is 0.650. The van der Waals surface area contributed by atoms with Gasteiger partial charge in [-0.05, 0) is 60.9 Å². The summed E-state index contributed by atoms with van der Waals surface area (Å²) >= 11 is 0. The van der Waals surface area contributed by atoms with Gasteiger partial charge in [-0.2, -0.15) is 0 Å². The number of para-hydroxylation sites is 2. The van der Waals surface area contributed by atoms with Crippen LogP contribution in [0.4, 0.5) is 5.69 Å². The maximum absolute atomic E-state index is 13.6. The number of amides is 1. The van der Waals surface area contributed by atoms with Crippen molar-refractivity contribution < 1.29 is 14.3 Å². The van der Waals surface area contributed by atoms with Crippen molar-refractivity contribution in [2.45, 2.75) is 58.7 Å². The van der Waals surface area contributed by atoms with Crippen LogP contribution in [0.3, 0.4) is 0 Å². The number of benzene rings is 3. The summed E-state index contributed by atoms with van der Waals surface area (Å²) in [6.45, 7) is 5.31. The molecule has 1 N–H and O–H groups in total. The Hall–Kier alpha value is -3.60. The smallest absolute Gasteiger partial charge is 0.256 e. The predicted molar refractivity (Wildman–Crippen MR) is 144 cm³/mol. The first-order valence-electron chi connectivity index (χ1n) is 13.0. The monoisotopic (exact) mass is 484 g/mol. The normalized spacial score (nSPS) is 14.0. The number of rotatable bonds is 10. The number of carbonyl (C=O) groups is 2. The van der Waals surface area contributed by atoms with Gasteiger partial charge in [0.15, 0.2) is 11.9 Å². The van der Waals surface area contributed by atoms with Gasteiger partial charge in [-0.25, -0.2) is 0 Å². The molecule has 0 radical (unpaired) electrons. The highest BCUT2D eigenvalue weighted by Gasteiger charge is 2.30. The third kappa shape index (κ3) is 6.54. The maximum atomic E-state index is 13.6. The summed E-state index contributed by atoms with van der Waals surface area (Å²) in [5.41, 5.74) is 3.71. The number of ketones is 1. The molecule has 0 saturated heterocycles. The molecule has 1 atom stereocenters. The Labute approximate surface area is 214 Å². The fraction of sp³-hybridized carbons (Fsp3) is 0.355. The van der Waals surface area contributed by atoms with Gasteiger partial charge in [-0.15, -0.1) is 0 Å². The van der Waals surface area contributed by atoms with Crippen LogP contribution in [0.25, 0.3) is 0 Å². The molecule has 188 valence electrons. The number of anilines is 1. The molecule has 36 heavy (non-hydrogen) atoms. The van der Waals surface area contributed by atoms with Crippen LogP contribution in [0.5, 0.6) is 5.75 Å². The second kappa shape index (κ2) is 12.4. The summed E-state index contributed by atoms with van der Waals surface area (Å²) in [4.78, 5) is 29.2. The number of nitrogens with one attached hydrogen (secondary N) is 1. The first-order chi connectivity index (χ1) is 17.5. The van der Waals surface area contributed by atoms with E-state index >= 15 is 0 Å². The highest BCUT2D eigenvalue weighted by Crippen LogP contribution is 2.29. The zero-order chi connectivity index (χ0) is 25.3. The Kier molecular flexibility index (Phi) is 8.77. The van der Waals surface area contributed by atoms with Gasteiger partial charge in [0.05, 0.1) is 5.56 Å². The molecule has 0 spiro atoms. The molecule has 5 heteroatoms. The lowest BCUT2D eigenvalue weighted by Crippen LogP contribution is -2.53. The van der Waals surface area contributed by atoms with E-state index in [1.165, 1.54) is 5.56 Å². The Bertz CT molecular complexity index is 1160. The maximum Gasteiger partial charge on any atom is 0.256 e. The molecule has 1 amide bonds. The van der Waals surface area contributed by atoms with Crippen molar-refractivity contribution in [3.05, 3.63) is 95.6 Å². The summed E-state index contributed by atoms with van der Waals surface area (Å²) in [6.07, 6.45) is 3.49. The zero-order valence-corrected chi connectivity index (χ0v) is 21.3. The minimum Gasteiger partial charge on any atom is -0.488 e. The number of Topliss-reactive ketones (excluding diaryl/α,β-unsaturated/α-hetero) is 1.